The average molecular weight is 733 g/mol. The van der Waals surface area contributed by atoms with Gasteiger partial charge in [-0.15, -0.1) is 0 Å². The first-order valence-corrected chi connectivity index (χ1v) is 21.3. The molecule has 0 aromatic heterocycles. The van der Waals surface area contributed by atoms with Crippen molar-refractivity contribution in [1.29, 1.82) is 0 Å². The molecule has 0 aliphatic carbocycles. The number of aliphatic hydroxyl groups is 2. The quantitative estimate of drug-likeness (QED) is 0.0211. The predicted octanol–water partition coefficient (Wildman–Crippen LogP) is 9.57. The van der Waals surface area contributed by atoms with Crippen molar-refractivity contribution in [1.82, 2.24) is 0 Å². The molecule has 0 saturated heterocycles. The highest BCUT2D eigenvalue weighted by Crippen LogP contribution is 2.36. The number of allylic oxidation sites excluding steroid dienone is 3. The molecule has 4 N–H and O–H groups in total. The molecule has 0 fully saturated rings. The van der Waals surface area contributed by atoms with Crippen LogP contribution in [0.5, 0.6) is 0 Å². The van der Waals surface area contributed by atoms with Crippen molar-refractivity contribution in [2.75, 3.05) is 13.2 Å². The molecule has 294 valence electrons. The number of carbonyl (C=O) groups excluding carboxylic acids is 2. The van der Waals surface area contributed by atoms with E-state index in [-0.39, 0.29) is 19.4 Å². The topological polar surface area (TPSA) is 160 Å². The minimum atomic E-state index is -4.79. The molecule has 0 spiro atoms. The second-order valence-electron chi connectivity index (χ2n) is 13.6. The highest BCUT2D eigenvalue weighted by Gasteiger charge is 2.23. The fourth-order valence-corrected chi connectivity index (χ4v) is 5.87. The molecule has 0 saturated carbocycles. The molecule has 0 aromatic rings. The molecular formula is C39H73O10P. The summed E-state index contributed by atoms with van der Waals surface area (Å²) in [5.41, 5.74) is 0. The summed E-state index contributed by atoms with van der Waals surface area (Å²) in [6.07, 6.45) is 30.6. The third kappa shape index (κ3) is 34.9. The van der Waals surface area contributed by atoms with E-state index in [2.05, 4.69) is 36.6 Å². The summed E-state index contributed by atoms with van der Waals surface area (Å²) in [5, 5.41) is 20.3. The van der Waals surface area contributed by atoms with Gasteiger partial charge in [0.05, 0.1) is 18.8 Å². The summed E-state index contributed by atoms with van der Waals surface area (Å²) >= 11 is 0. The minimum absolute atomic E-state index is 0.168. The van der Waals surface area contributed by atoms with Crippen molar-refractivity contribution in [2.45, 2.75) is 199 Å². The maximum absolute atomic E-state index is 12.4. The average Bonchev–Trinajstić information content (AvgIpc) is 3.08. The Kier molecular flexibility index (Phi) is 33.5. The van der Waals surface area contributed by atoms with E-state index in [1.165, 1.54) is 51.4 Å². The first-order chi connectivity index (χ1) is 24.1. The number of ether oxygens (including phenoxy) is 2. The van der Waals surface area contributed by atoms with E-state index < -0.39 is 44.7 Å². The second-order valence-corrected chi connectivity index (χ2v) is 14.8. The summed E-state index contributed by atoms with van der Waals surface area (Å²) in [6.45, 7) is 3.48. The van der Waals surface area contributed by atoms with Crippen LogP contribution < -0.4 is 0 Å². The zero-order valence-corrected chi connectivity index (χ0v) is 32.4. The summed E-state index contributed by atoms with van der Waals surface area (Å²) in [4.78, 5) is 42.8. The fraction of sp³-hybridized carbons (Fsp3) is 0.846. The molecule has 0 amide bonds. The molecule has 50 heavy (non-hydrogen) atoms. The highest BCUT2D eigenvalue weighted by atomic mass is 31.2. The first-order valence-electron chi connectivity index (χ1n) is 19.8. The molecule has 0 aromatic carbocycles. The molecule has 0 heterocycles. The number of hydrogen-bond donors (Lipinski definition) is 4. The molecular weight excluding hydrogens is 659 g/mol. The molecule has 0 bridgehead atoms. The van der Waals surface area contributed by atoms with Crippen molar-refractivity contribution < 1.29 is 48.2 Å². The highest BCUT2D eigenvalue weighted by molar-refractivity contribution is 7.46. The van der Waals surface area contributed by atoms with E-state index in [0.29, 0.717) is 25.7 Å². The van der Waals surface area contributed by atoms with Gasteiger partial charge in [-0.1, -0.05) is 128 Å². The first kappa shape index (κ1) is 48.5. The molecule has 11 heteroatoms. The van der Waals surface area contributed by atoms with Crippen LogP contribution in [0.2, 0.25) is 0 Å². The van der Waals surface area contributed by atoms with E-state index in [0.717, 1.165) is 77.0 Å². The van der Waals surface area contributed by atoms with Crippen molar-refractivity contribution in [3.8, 4) is 0 Å². The van der Waals surface area contributed by atoms with Crippen LogP contribution in [0.3, 0.4) is 0 Å². The summed E-state index contributed by atoms with van der Waals surface area (Å²) in [6, 6.07) is 0. The molecule has 3 atom stereocenters. The lowest BCUT2D eigenvalue weighted by molar-refractivity contribution is -0.161. The Morgan fingerprint density at radius 1 is 0.580 bits per heavy atom. The Labute approximate surface area is 304 Å². The van der Waals surface area contributed by atoms with E-state index >= 15 is 0 Å². The summed E-state index contributed by atoms with van der Waals surface area (Å²) in [7, 11) is -4.79. The molecule has 10 nitrogen and oxygen atoms in total. The second kappa shape index (κ2) is 34.5. The van der Waals surface area contributed by atoms with Crippen molar-refractivity contribution in [2.24, 2.45) is 0 Å². The lowest BCUT2D eigenvalue weighted by atomic mass is 10.0. The predicted molar refractivity (Wildman–Crippen MR) is 201 cm³/mol. The van der Waals surface area contributed by atoms with Gasteiger partial charge in [-0.2, -0.15) is 0 Å². The minimum Gasteiger partial charge on any atom is -0.462 e. The maximum atomic E-state index is 12.4. The van der Waals surface area contributed by atoms with E-state index in [1.807, 2.05) is 6.08 Å². The number of rotatable bonds is 36. The third-order valence-corrected chi connectivity index (χ3v) is 9.13. The van der Waals surface area contributed by atoms with Crippen LogP contribution in [0.4, 0.5) is 0 Å². The molecule has 0 rings (SSSR count). The Morgan fingerprint density at radius 3 is 1.62 bits per heavy atom. The van der Waals surface area contributed by atoms with E-state index in [4.69, 9.17) is 19.3 Å². The van der Waals surface area contributed by atoms with Crippen LogP contribution in [0, 0.1) is 0 Å². The summed E-state index contributed by atoms with van der Waals surface area (Å²) in [5.74, 6) is -1.00. The largest absolute Gasteiger partial charge is 0.469 e. The number of esters is 2. The standard InChI is InChI=1S/C39H73O10P/c1-3-5-7-9-11-12-13-14-15-16-17-18-19-23-28-32-39(43)49-35(34-48-50(44,45)46)33-47-38(42)31-27-24-20-22-26-30-37(41)36(40)29-25-21-10-8-6-4-2/h14-15,21,25,35-37,40-41H,3-13,16-20,22-24,26-34H2,1-2H3,(H2,44,45,46)/b15-14-,25-21-/t35-,36-,37-/m1/s1. The lowest BCUT2D eigenvalue weighted by Crippen LogP contribution is -2.29. The van der Waals surface area contributed by atoms with E-state index in [1.54, 1.807) is 0 Å². The van der Waals surface area contributed by atoms with Gasteiger partial charge in [0, 0.05) is 12.8 Å². The zero-order chi connectivity index (χ0) is 37.1. The Morgan fingerprint density at radius 2 is 1.04 bits per heavy atom. The van der Waals surface area contributed by atoms with Crippen molar-refractivity contribution >= 4 is 19.8 Å². The Bertz CT molecular complexity index is 903. The Balaban J connectivity index is 4.08. The fourth-order valence-electron chi connectivity index (χ4n) is 5.51. The monoisotopic (exact) mass is 732 g/mol. The van der Waals surface area contributed by atoms with Crippen molar-refractivity contribution in [3.05, 3.63) is 24.3 Å². The van der Waals surface area contributed by atoms with Crippen LogP contribution in [-0.4, -0.2) is 63.5 Å². The molecule has 0 aliphatic heterocycles. The van der Waals surface area contributed by atoms with Gasteiger partial charge in [-0.05, 0) is 64.2 Å². The van der Waals surface area contributed by atoms with Crippen LogP contribution in [0.1, 0.15) is 181 Å². The lowest BCUT2D eigenvalue weighted by Gasteiger charge is -2.18. The molecule has 0 unspecified atom stereocenters. The van der Waals surface area contributed by atoms with Crippen molar-refractivity contribution in [3.63, 3.8) is 0 Å². The van der Waals surface area contributed by atoms with Gasteiger partial charge in [0.15, 0.2) is 6.10 Å². The number of carbonyl (C=O) groups is 2. The van der Waals surface area contributed by atoms with Crippen LogP contribution >= 0.6 is 7.82 Å². The number of hydrogen-bond acceptors (Lipinski definition) is 8. The van der Waals surface area contributed by atoms with Gasteiger partial charge in [0.2, 0.25) is 0 Å². The van der Waals surface area contributed by atoms with Gasteiger partial charge in [-0.25, -0.2) is 4.57 Å². The van der Waals surface area contributed by atoms with Gasteiger partial charge >= 0.3 is 19.8 Å². The third-order valence-electron chi connectivity index (χ3n) is 8.64. The van der Waals surface area contributed by atoms with Gasteiger partial charge in [0.25, 0.3) is 0 Å². The number of phosphoric acid groups is 1. The molecule has 0 aliphatic rings. The number of phosphoric ester groups is 1. The molecule has 0 radical (unpaired) electrons. The smallest absolute Gasteiger partial charge is 0.462 e. The zero-order valence-electron chi connectivity index (χ0n) is 31.5. The summed E-state index contributed by atoms with van der Waals surface area (Å²) < 4.78 is 26.3. The van der Waals surface area contributed by atoms with Crippen LogP contribution in [0.15, 0.2) is 24.3 Å². The van der Waals surface area contributed by atoms with Gasteiger partial charge < -0.3 is 29.5 Å². The van der Waals surface area contributed by atoms with Crippen LogP contribution in [-0.2, 0) is 28.2 Å². The van der Waals surface area contributed by atoms with Gasteiger partial charge in [0.1, 0.15) is 6.61 Å². The maximum Gasteiger partial charge on any atom is 0.469 e. The number of unbranched alkanes of at least 4 members (excludes halogenated alkanes) is 18. The number of aliphatic hydroxyl groups excluding tert-OH is 2. The Hall–Kier alpha value is -1.55. The van der Waals surface area contributed by atoms with Crippen LogP contribution in [0.25, 0.3) is 0 Å². The SMILES string of the molecule is CCCCC/C=C\C[C@@H](O)[C@H](O)CCCCCCCC(=O)OC[C@H](COP(=O)(O)O)OC(=O)CCCCCCC/C=C\CCCCCCCC. The van der Waals surface area contributed by atoms with E-state index in [9.17, 15) is 24.4 Å². The van der Waals surface area contributed by atoms with Gasteiger partial charge in [-0.3, -0.25) is 14.1 Å². The normalized spacial score (nSPS) is 14.0.